The van der Waals surface area contributed by atoms with Crippen LogP contribution in [0.3, 0.4) is 0 Å². The molecule has 1 aliphatic heterocycles. The van der Waals surface area contributed by atoms with Gasteiger partial charge < -0.3 is 14.5 Å². The smallest absolute Gasteiger partial charge is 0.210 e. The molecule has 0 saturated carbocycles. The molecule has 6 nitrogen and oxygen atoms in total. The molecule has 0 N–H and O–H groups in total. The van der Waals surface area contributed by atoms with Gasteiger partial charge in [0, 0.05) is 43.4 Å². The number of halogens is 1. The average molecular weight is 506 g/mol. The molecule has 0 bridgehead atoms. The summed E-state index contributed by atoms with van der Waals surface area (Å²) in [5.74, 6) is 0.402. The van der Waals surface area contributed by atoms with Crippen LogP contribution in [0.1, 0.15) is 12.5 Å². The van der Waals surface area contributed by atoms with Crippen LogP contribution < -0.4 is 14.5 Å². The summed E-state index contributed by atoms with van der Waals surface area (Å²) >= 11 is 0. The first-order valence-corrected chi connectivity index (χ1v) is 13.5. The number of pyridine rings is 1. The summed E-state index contributed by atoms with van der Waals surface area (Å²) in [5, 5.41) is 0.740. The Labute approximate surface area is 210 Å². The van der Waals surface area contributed by atoms with E-state index in [1.807, 2.05) is 32.0 Å². The topological polar surface area (TPSA) is 62.7 Å². The Morgan fingerprint density at radius 2 is 1.58 bits per heavy atom. The van der Waals surface area contributed by atoms with Gasteiger partial charge in [0.1, 0.15) is 16.5 Å². The second-order valence-electron chi connectivity index (χ2n) is 8.85. The molecule has 0 amide bonds. The number of aryl methyl sites for hydroxylation is 1. The van der Waals surface area contributed by atoms with Gasteiger partial charge in [-0.05, 0) is 68.4 Å². The third-order valence-electron chi connectivity index (χ3n) is 6.50. The Morgan fingerprint density at radius 3 is 2.25 bits per heavy atom. The molecule has 5 rings (SSSR count). The highest BCUT2D eigenvalue weighted by molar-refractivity contribution is 7.91. The number of ether oxygens (including phenoxy) is 1. The molecule has 36 heavy (non-hydrogen) atoms. The Balaban J connectivity index is 1.59. The fourth-order valence-corrected chi connectivity index (χ4v) is 6.04. The van der Waals surface area contributed by atoms with Crippen molar-refractivity contribution in [1.29, 1.82) is 0 Å². The minimum Gasteiger partial charge on any atom is -0.494 e. The van der Waals surface area contributed by atoms with Crippen LogP contribution in [0.4, 0.5) is 15.8 Å². The van der Waals surface area contributed by atoms with Gasteiger partial charge in [-0.3, -0.25) is 4.98 Å². The third kappa shape index (κ3) is 4.60. The van der Waals surface area contributed by atoms with Crippen molar-refractivity contribution in [3.63, 3.8) is 0 Å². The summed E-state index contributed by atoms with van der Waals surface area (Å²) in [6.07, 6.45) is 1.47. The van der Waals surface area contributed by atoms with Gasteiger partial charge in [-0.1, -0.05) is 17.7 Å². The van der Waals surface area contributed by atoms with Crippen molar-refractivity contribution in [2.75, 3.05) is 42.6 Å². The average Bonchev–Trinajstić information content (AvgIpc) is 2.89. The second kappa shape index (κ2) is 9.78. The van der Waals surface area contributed by atoms with Gasteiger partial charge >= 0.3 is 0 Å². The van der Waals surface area contributed by atoms with Crippen LogP contribution in [0.25, 0.3) is 10.9 Å². The summed E-state index contributed by atoms with van der Waals surface area (Å²) in [6, 6.07) is 18.9. The minimum atomic E-state index is -3.82. The number of hydrogen-bond donors (Lipinski definition) is 0. The highest BCUT2D eigenvalue weighted by Crippen LogP contribution is 2.38. The number of fused-ring (bicyclic) bond motifs is 1. The van der Waals surface area contributed by atoms with Crippen LogP contribution in [-0.4, -0.2) is 46.2 Å². The molecular formula is C28H28FN3O3S. The van der Waals surface area contributed by atoms with Gasteiger partial charge in [0.2, 0.25) is 9.84 Å². The Hall–Kier alpha value is -3.65. The monoisotopic (exact) mass is 505 g/mol. The number of benzene rings is 3. The Morgan fingerprint density at radius 1 is 0.917 bits per heavy atom. The summed E-state index contributed by atoms with van der Waals surface area (Å²) in [5.41, 5.74) is 3.28. The predicted octanol–water partition coefficient (Wildman–Crippen LogP) is 5.24. The maximum Gasteiger partial charge on any atom is 0.210 e. The van der Waals surface area contributed by atoms with E-state index in [2.05, 4.69) is 14.8 Å². The zero-order valence-electron chi connectivity index (χ0n) is 20.3. The van der Waals surface area contributed by atoms with E-state index in [4.69, 9.17) is 4.74 Å². The molecule has 0 spiro atoms. The number of nitrogens with zero attached hydrogens (tertiary/aromatic N) is 3. The highest BCUT2D eigenvalue weighted by atomic mass is 32.2. The van der Waals surface area contributed by atoms with E-state index in [1.165, 1.54) is 18.3 Å². The molecule has 3 aromatic carbocycles. The number of sulfone groups is 1. The fourth-order valence-electron chi connectivity index (χ4n) is 4.60. The van der Waals surface area contributed by atoms with Crippen molar-refractivity contribution in [1.82, 2.24) is 4.98 Å². The quantitative estimate of drug-likeness (QED) is 0.357. The maximum absolute atomic E-state index is 13.8. The molecule has 4 aromatic rings. The lowest BCUT2D eigenvalue weighted by molar-refractivity contribution is 0.340. The summed E-state index contributed by atoms with van der Waals surface area (Å²) < 4.78 is 46.8. The minimum absolute atomic E-state index is 0.183. The number of piperazine rings is 1. The van der Waals surface area contributed by atoms with Crippen LogP contribution in [-0.2, 0) is 9.84 Å². The lowest BCUT2D eigenvalue weighted by Gasteiger charge is -2.38. The summed E-state index contributed by atoms with van der Waals surface area (Å²) in [6.45, 7) is 6.89. The van der Waals surface area contributed by atoms with E-state index in [0.29, 0.717) is 49.7 Å². The second-order valence-corrected chi connectivity index (χ2v) is 10.8. The first-order chi connectivity index (χ1) is 17.4. The van der Waals surface area contributed by atoms with Crippen molar-refractivity contribution in [2.24, 2.45) is 0 Å². The van der Waals surface area contributed by atoms with E-state index < -0.39 is 9.84 Å². The molecule has 0 unspecified atom stereocenters. The van der Waals surface area contributed by atoms with E-state index in [0.717, 1.165) is 16.6 Å². The van der Waals surface area contributed by atoms with E-state index in [9.17, 15) is 12.8 Å². The van der Waals surface area contributed by atoms with Crippen LogP contribution in [0.5, 0.6) is 5.75 Å². The molecule has 1 aromatic heterocycles. The zero-order valence-corrected chi connectivity index (χ0v) is 21.1. The summed E-state index contributed by atoms with van der Waals surface area (Å²) in [4.78, 5) is 9.22. The van der Waals surface area contributed by atoms with Crippen LogP contribution in [0.2, 0.25) is 0 Å². The van der Waals surface area contributed by atoms with Crippen LogP contribution >= 0.6 is 0 Å². The molecular weight excluding hydrogens is 477 g/mol. The molecule has 0 aliphatic carbocycles. The third-order valence-corrected chi connectivity index (χ3v) is 8.27. The molecule has 2 heterocycles. The van der Waals surface area contributed by atoms with Gasteiger partial charge in [0.25, 0.3) is 0 Å². The number of aromatic nitrogens is 1. The lowest BCUT2D eigenvalue weighted by atomic mass is 10.1. The molecule has 0 radical (unpaired) electrons. The molecule has 8 heteroatoms. The normalized spacial score (nSPS) is 14.3. The van der Waals surface area contributed by atoms with Crippen molar-refractivity contribution in [3.8, 4) is 5.75 Å². The standard InChI is InChI=1S/C28H28FN3O3S/c1-3-35-23-10-13-26-25(18-23)28(27(19-30-26)36(33,34)24-11-4-20(2)5-12-24)32-16-14-31(15-17-32)22-8-6-21(29)7-9-22/h4-13,18-19H,3,14-17H2,1-2H3. The number of anilines is 2. The molecule has 1 aliphatic rings. The fraction of sp³-hybridized carbons (Fsp3) is 0.250. The SMILES string of the molecule is CCOc1ccc2ncc(S(=O)(=O)c3ccc(C)cc3)c(N3CCN(c4ccc(F)cc4)CC3)c2c1. The van der Waals surface area contributed by atoms with Gasteiger partial charge in [-0.25, -0.2) is 12.8 Å². The van der Waals surface area contributed by atoms with Crippen molar-refractivity contribution < 1.29 is 17.5 Å². The van der Waals surface area contributed by atoms with Crippen molar-refractivity contribution >= 4 is 32.1 Å². The van der Waals surface area contributed by atoms with Gasteiger partial charge in [-0.15, -0.1) is 0 Å². The van der Waals surface area contributed by atoms with Crippen molar-refractivity contribution in [3.05, 3.63) is 84.3 Å². The largest absolute Gasteiger partial charge is 0.494 e. The predicted molar refractivity (Wildman–Crippen MR) is 140 cm³/mol. The maximum atomic E-state index is 13.8. The summed E-state index contributed by atoms with van der Waals surface area (Å²) in [7, 11) is -3.82. The van der Waals surface area contributed by atoms with Gasteiger partial charge in [-0.2, -0.15) is 0 Å². The number of hydrogen-bond acceptors (Lipinski definition) is 6. The first kappa shape index (κ1) is 24.1. The molecule has 0 atom stereocenters. The van der Waals surface area contributed by atoms with E-state index in [1.54, 1.807) is 36.4 Å². The Bertz CT molecular complexity index is 1480. The molecule has 1 saturated heterocycles. The molecule has 1 fully saturated rings. The van der Waals surface area contributed by atoms with E-state index in [-0.39, 0.29) is 15.6 Å². The number of rotatable bonds is 6. The Kier molecular flexibility index (Phi) is 6.53. The van der Waals surface area contributed by atoms with Gasteiger partial charge in [0.15, 0.2) is 0 Å². The highest BCUT2D eigenvalue weighted by Gasteiger charge is 2.29. The van der Waals surface area contributed by atoms with Crippen LogP contribution in [0, 0.1) is 12.7 Å². The first-order valence-electron chi connectivity index (χ1n) is 12.0. The van der Waals surface area contributed by atoms with Crippen LogP contribution in [0.15, 0.2) is 82.7 Å². The van der Waals surface area contributed by atoms with Crippen molar-refractivity contribution in [2.45, 2.75) is 23.6 Å². The van der Waals surface area contributed by atoms with E-state index >= 15 is 0 Å². The molecule has 186 valence electrons. The van der Waals surface area contributed by atoms with Gasteiger partial charge in [0.05, 0.1) is 22.7 Å². The lowest BCUT2D eigenvalue weighted by Crippen LogP contribution is -2.47. The zero-order chi connectivity index (χ0) is 25.3.